The van der Waals surface area contributed by atoms with Crippen LogP contribution < -0.4 is 10.9 Å². The van der Waals surface area contributed by atoms with E-state index in [0.717, 1.165) is 10.9 Å². The van der Waals surface area contributed by atoms with Gasteiger partial charge in [-0.1, -0.05) is 6.07 Å². The quantitative estimate of drug-likeness (QED) is 0.354. The number of nitrogens with two attached hydrogens (primary N) is 2. The summed E-state index contributed by atoms with van der Waals surface area (Å²) in [5.41, 5.74) is 8.14. The van der Waals surface area contributed by atoms with Gasteiger partial charge in [0.1, 0.15) is 16.6 Å². The van der Waals surface area contributed by atoms with E-state index >= 15 is 0 Å². The van der Waals surface area contributed by atoms with E-state index in [-0.39, 0.29) is 23.0 Å². The first-order valence-corrected chi connectivity index (χ1v) is 10.7. The molecule has 2 unspecified atom stereocenters. The molecule has 3 heterocycles. The molecule has 0 aliphatic rings. The van der Waals surface area contributed by atoms with Crippen molar-refractivity contribution in [3.63, 3.8) is 0 Å². The summed E-state index contributed by atoms with van der Waals surface area (Å²) in [5, 5.41) is 20.7. The molecule has 144 valence electrons. The number of nitrogens with one attached hydrogen (secondary N) is 2. The second-order valence-electron chi connectivity index (χ2n) is 5.78. The smallest absolute Gasteiger partial charge is 0.206 e. The van der Waals surface area contributed by atoms with Crippen molar-refractivity contribution >= 4 is 32.8 Å². The number of aromatic amines is 2. The number of H-pyrrole nitrogens is 2. The summed E-state index contributed by atoms with van der Waals surface area (Å²) in [6.45, 7) is 0.219. The van der Waals surface area contributed by atoms with Gasteiger partial charge in [-0.2, -0.15) is 5.21 Å². The molecule has 28 heavy (non-hydrogen) atoms. The van der Waals surface area contributed by atoms with Gasteiger partial charge in [-0.3, -0.25) is 4.21 Å². The molecule has 0 saturated carbocycles. The van der Waals surface area contributed by atoms with E-state index in [1.165, 1.54) is 0 Å². The number of tetrazole rings is 1. The average molecular weight is 416 g/mol. The zero-order valence-electron chi connectivity index (χ0n) is 14.5. The molecule has 2 atom stereocenters. The number of nitrogens with zero attached hydrogens (tertiary/aromatic N) is 4. The number of aromatic nitrogens is 6. The van der Waals surface area contributed by atoms with Crippen molar-refractivity contribution in [2.75, 3.05) is 12.3 Å². The van der Waals surface area contributed by atoms with Crippen molar-refractivity contribution in [2.24, 2.45) is 10.9 Å². The van der Waals surface area contributed by atoms with Crippen LogP contribution in [0.2, 0.25) is 0 Å². The fraction of sp³-hybridized carbons (Fsp3) is 0.125. The fourth-order valence-corrected chi connectivity index (χ4v) is 5.23. The molecule has 0 aliphatic carbocycles. The Morgan fingerprint density at radius 3 is 2.68 bits per heavy atom. The molecule has 0 radical (unpaired) electrons. The zero-order valence-corrected chi connectivity index (χ0v) is 16.1. The van der Waals surface area contributed by atoms with Gasteiger partial charge in [0.05, 0.1) is 20.6 Å². The standard InChI is InChI=1S/C16H16N8O2S2/c17-5-8-27(25)12-2-1-10(9-3-6-19-15-11(9)4-7-20-15)13(14(12)28(18)26)16-21-23-24-22-16/h1-4,6-7H,5,8,17-18H2,(H,19,20)(H,21,22,23,24). The van der Waals surface area contributed by atoms with Gasteiger partial charge in [-0.25, -0.2) is 14.3 Å². The Bertz CT molecular complexity index is 1190. The second kappa shape index (κ2) is 7.67. The van der Waals surface area contributed by atoms with E-state index in [0.29, 0.717) is 21.7 Å². The van der Waals surface area contributed by atoms with E-state index in [2.05, 4.69) is 30.6 Å². The third kappa shape index (κ3) is 3.16. The Labute approximate surface area is 164 Å². The lowest BCUT2D eigenvalue weighted by atomic mass is 9.97. The summed E-state index contributed by atoms with van der Waals surface area (Å²) in [6, 6.07) is 7.16. The van der Waals surface area contributed by atoms with Crippen molar-refractivity contribution < 1.29 is 8.42 Å². The molecule has 0 bridgehead atoms. The number of hydrogen-bond acceptors (Lipinski definition) is 7. The van der Waals surface area contributed by atoms with Gasteiger partial charge in [0.25, 0.3) is 0 Å². The topological polar surface area (TPSA) is 169 Å². The third-order valence-electron chi connectivity index (χ3n) is 4.19. The molecule has 0 fully saturated rings. The normalized spacial score (nSPS) is 13.6. The highest BCUT2D eigenvalue weighted by Gasteiger charge is 2.25. The Morgan fingerprint density at radius 1 is 1.11 bits per heavy atom. The zero-order chi connectivity index (χ0) is 19.7. The molecule has 0 aliphatic heterocycles. The lowest BCUT2D eigenvalue weighted by Crippen LogP contribution is -2.15. The summed E-state index contributed by atoms with van der Waals surface area (Å²) in [5.74, 6) is 0.419. The Balaban J connectivity index is 2.08. The Hall–Kier alpha value is -2.80. The highest BCUT2D eigenvalue weighted by molar-refractivity contribution is 7.87. The molecular formula is C16H16N8O2S2. The van der Waals surface area contributed by atoms with Gasteiger partial charge < -0.3 is 10.7 Å². The molecule has 12 heteroatoms. The van der Waals surface area contributed by atoms with E-state index in [9.17, 15) is 8.42 Å². The van der Waals surface area contributed by atoms with Gasteiger partial charge in [0.2, 0.25) is 5.82 Å². The molecule has 4 aromatic rings. The van der Waals surface area contributed by atoms with Crippen LogP contribution in [0.15, 0.2) is 46.5 Å². The van der Waals surface area contributed by atoms with Crippen molar-refractivity contribution in [3.05, 3.63) is 36.7 Å². The fourth-order valence-electron chi connectivity index (χ4n) is 3.07. The van der Waals surface area contributed by atoms with Gasteiger partial charge in [-0.05, 0) is 34.5 Å². The van der Waals surface area contributed by atoms with E-state index in [1.54, 1.807) is 24.5 Å². The monoisotopic (exact) mass is 416 g/mol. The van der Waals surface area contributed by atoms with Gasteiger partial charge in [-0.15, -0.1) is 10.2 Å². The van der Waals surface area contributed by atoms with Crippen LogP contribution >= 0.6 is 0 Å². The number of pyridine rings is 1. The Morgan fingerprint density at radius 2 is 1.96 bits per heavy atom. The Kier molecular flexibility index (Phi) is 5.09. The molecule has 0 spiro atoms. The predicted molar refractivity (Wildman–Crippen MR) is 106 cm³/mol. The lowest BCUT2D eigenvalue weighted by Gasteiger charge is -2.15. The first-order valence-electron chi connectivity index (χ1n) is 8.19. The van der Waals surface area contributed by atoms with Crippen LogP contribution in [0.1, 0.15) is 0 Å². The second-order valence-corrected chi connectivity index (χ2v) is 8.33. The van der Waals surface area contributed by atoms with Crippen LogP contribution in [0.25, 0.3) is 33.5 Å². The molecule has 0 amide bonds. The van der Waals surface area contributed by atoms with Gasteiger partial charge in [0.15, 0.2) is 0 Å². The van der Waals surface area contributed by atoms with Crippen molar-refractivity contribution in [1.82, 2.24) is 30.6 Å². The molecular weight excluding hydrogens is 400 g/mol. The van der Waals surface area contributed by atoms with Crippen LogP contribution in [0.5, 0.6) is 0 Å². The molecule has 3 aromatic heterocycles. The molecule has 0 saturated heterocycles. The molecule has 4 rings (SSSR count). The SMILES string of the molecule is NCCS(=O)c1ccc(-c2ccnc3[nH]ccc23)c(-c2nn[nH]n2)c1S(N)=O. The summed E-state index contributed by atoms with van der Waals surface area (Å²) < 4.78 is 25.2. The minimum absolute atomic E-state index is 0.200. The summed E-state index contributed by atoms with van der Waals surface area (Å²) in [6.07, 6.45) is 3.44. The third-order valence-corrected chi connectivity index (χ3v) is 6.58. The van der Waals surface area contributed by atoms with Gasteiger partial charge >= 0.3 is 0 Å². The maximum Gasteiger partial charge on any atom is 0.206 e. The number of rotatable bonds is 6. The first kappa shape index (κ1) is 18.6. The highest BCUT2D eigenvalue weighted by atomic mass is 32.2. The predicted octanol–water partition coefficient (Wildman–Crippen LogP) is 0.458. The number of hydrogen-bond donors (Lipinski definition) is 4. The van der Waals surface area contributed by atoms with E-state index in [1.807, 2.05) is 12.1 Å². The minimum atomic E-state index is -1.95. The van der Waals surface area contributed by atoms with Crippen LogP contribution in [0.4, 0.5) is 0 Å². The number of fused-ring (bicyclic) bond motifs is 1. The van der Waals surface area contributed by atoms with Crippen molar-refractivity contribution in [2.45, 2.75) is 9.79 Å². The van der Waals surface area contributed by atoms with E-state index in [4.69, 9.17) is 10.9 Å². The van der Waals surface area contributed by atoms with Crippen molar-refractivity contribution in [3.8, 4) is 22.5 Å². The largest absolute Gasteiger partial charge is 0.346 e. The number of benzene rings is 1. The minimum Gasteiger partial charge on any atom is -0.346 e. The summed E-state index contributed by atoms with van der Waals surface area (Å²) >= 11 is 0. The molecule has 6 N–H and O–H groups in total. The van der Waals surface area contributed by atoms with E-state index < -0.39 is 21.8 Å². The first-order chi connectivity index (χ1) is 13.6. The maximum absolute atomic E-state index is 12.7. The molecule has 1 aromatic carbocycles. The van der Waals surface area contributed by atoms with Gasteiger partial charge in [0, 0.05) is 35.6 Å². The summed E-state index contributed by atoms with van der Waals surface area (Å²) in [7, 11) is -3.42. The average Bonchev–Trinajstić information content (AvgIpc) is 3.38. The van der Waals surface area contributed by atoms with Crippen LogP contribution in [-0.2, 0) is 21.8 Å². The van der Waals surface area contributed by atoms with Crippen LogP contribution in [-0.4, -0.2) is 51.3 Å². The molecule has 10 nitrogen and oxygen atoms in total. The lowest BCUT2D eigenvalue weighted by molar-refractivity contribution is 0.675. The maximum atomic E-state index is 12.7. The summed E-state index contributed by atoms with van der Waals surface area (Å²) in [4.78, 5) is 7.90. The van der Waals surface area contributed by atoms with Crippen molar-refractivity contribution in [1.29, 1.82) is 0 Å². The van der Waals surface area contributed by atoms with Crippen LogP contribution in [0, 0.1) is 0 Å². The highest BCUT2D eigenvalue weighted by Crippen LogP contribution is 2.39. The van der Waals surface area contributed by atoms with Crippen LogP contribution in [0.3, 0.4) is 0 Å².